The number of esters is 3. The maximum atomic E-state index is 12.8. The Bertz CT molecular complexity index is 1870. The number of allylic oxidation sites excluding steroid dienone is 30. The predicted octanol–water partition coefficient (Wildman–Crippen LogP) is 21.7. The van der Waals surface area contributed by atoms with Gasteiger partial charge >= 0.3 is 17.9 Å². The summed E-state index contributed by atoms with van der Waals surface area (Å²) in [5.74, 6) is -1.00. The molecule has 0 fully saturated rings. The topological polar surface area (TPSA) is 78.9 Å². The van der Waals surface area contributed by atoms with Gasteiger partial charge < -0.3 is 14.2 Å². The molecule has 440 valence electrons. The third-order valence-electron chi connectivity index (χ3n) is 12.4. The van der Waals surface area contributed by atoms with Crippen LogP contribution in [0.1, 0.15) is 239 Å². The van der Waals surface area contributed by atoms with Gasteiger partial charge in [0.15, 0.2) is 6.10 Å². The zero-order valence-electron chi connectivity index (χ0n) is 50.3. The van der Waals surface area contributed by atoms with E-state index in [2.05, 4.69) is 203 Å². The molecule has 0 aromatic rings. The molecule has 0 amide bonds. The lowest BCUT2D eigenvalue weighted by Gasteiger charge is -2.18. The average molecular weight is 1090 g/mol. The molecule has 0 saturated heterocycles. The highest BCUT2D eigenvalue weighted by Crippen LogP contribution is 2.13. The Balaban J connectivity index is 4.24. The molecule has 0 radical (unpaired) electrons. The van der Waals surface area contributed by atoms with Crippen LogP contribution in [0.2, 0.25) is 0 Å². The van der Waals surface area contributed by atoms with Gasteiger partial charge in [0.2, 0.25) is 0 Å². The lowest BCUT2D eigenvalue weighted by atomic mass is 10.1. The van der Waals surface area contributed by atoms with Crippen LogP contribution in [0.4, 0.5) is 0 Å². The minimum absolute atomic E-state index is 0.109. The second kappa shape index (κ2) is 65.0. The van der Waals surface area contributed by atoms with Gasteiger partial charge in [0, 0.05) is 19.3 Å². The first-order chi connectivity index (χ1) is 39.0. The van der Waals surface area contributed by atoms with Crippen LogP contribution >= 0.6 is 0 Å². The summed E-state index contributed by atoms with van der Waals surface area (Å²) >= 11 is 0. The first kappa shape index (κ1) is 73.5. The minimum Gasteiger partial charge on any atom is -0.462 e. The molecule has 0 aromatic heterocycles. The van der Waals surface area contributed by atoms with Gasteiger partial charge in [-0.1, -0.05) is 267 Å². The predicted molar refractivity (Wildman–Crippen MR) is 343 cm³/mol. The Labute approximate surface area is 484 Å². The fourth-order valence-corrected chi connectivity index (χ4v) is 7.80. The van der Waals surface area contributed by atoms with E-state index in [0.29, 0.717) is 19.3 Å². The summed E-state index contributed by atoms with van der Waals surface area (Å²) in [5.41, 5.74) is 0. The third-order valence-corrected chi connectivity index (χ3v) is 12.4. The number of hydrogen-bond acceptors (Lipinski definition) is 6. The van der Waals surface area contributed by atoms with Gasteiger partial charge in [0.1, 0.15) is 13.2 Å². The fourth-order valence-electron chi connectivity index (χ4n) is 7.80. The van der Waals surface area contributed by atoms with Crippen molar-refractivity contribution in [1.82, 2.24) is 0 Å². The van der Waals surface area contributed by atoms with Gasteiger partial charge in [-0.3, -0.25) is 14.4 Å². The van der Waals surface area contributed by atoms with Crippen LogP contribution in [0.5, 0.6) is 0 Å². The second-order valence-electron chi connectivity index (χ2n) is 19.9. The summed E-state index contributed by atoms with van der Waals surface area (Å²) in [7, 11) is 0. The van der Waals surface area contributed by atoms with Crippen LogP contribution in [0, 0.1) is 0 Å². The highest BCUT2D eigenvalue weighted by Gasteiger charge is 2.19. The molecule has 6 nitrogen and oxygen atoms in total. The highest BCUT2D eigenvalue weighted by molar-refractivity contribution is 5.71. The van der Waals surface area contributed by atoms with Crippen molar-refractivity contribution in [1.29, 1.82) is 0 Å². The van der Waals surface area contributed by atoms with Crippen molar-refractivity contribution in [2.24, 2.45) is 0 Å². The quantitative estimate of drug-likeness (QED) is 0.0261. The summed E-state index contributed by atoms with van der Waals surface area (Å²) in [6.07, 6.45) is 98.0. The molecule has 0 saturated carbocycles. The number of rotatable bonds is 54. The van der Waals surface area contributed by atoms with E-state index >= 15 is 0 Å². The molecule has 0 rings (SSSR count). The molecule has 0 aliphatic heterocycles. The monoisotopic (exact) mass is 1080 g/mol. The van der Waals surface area contributed by atoms with E-state index in [0.717, 1.165) is 161 Å². The maximum absolute atomic E-state index is 12.8. The summed E-state index contributed by atoms with van der Waals surface area (Å²) in [5, 5.41) is 0. The highest BCUT2D eigenvalue weighted by atomic mass is 16.6. The van der Waals surface area contributed by atoms with Crippen LogP contribution in [0.25, 0.3) is 0 Å². The smallest absolute Gasteiger partial charge is 0.306 e. The van der Waals surface area contributed by atoms with E-state index < -0.39 is 6.10 Å². The molecule has 0 aliphatic rings. The maximum Gasteiger partial charge on any atom is 0.306 e. The summed E-state index contributed by atoms with van der Waals surface area (Å²) in [6.45, 7) is 6.25. The van der Waals surface area contributed by atoms with Gasteiger partial charge in [-0.15, -0.1) is 0 Å². The van der Waals surface area contributed by atoms with Crippen molar-refractivity contribution in [2.75, 3.05) is 13.2 Å². The molecule has 0 aromatic carbocycles. The molecule has 0 aliphatic carbocycles. The van der Waals surface area contributed by atoms with E-state index in [4.69, 9.17) is 14.2 Å². The Hall–Kier alpha value is -5.49. The second-order valence-corrected chi connectivity index (χ2v) is 19.9. The summed E-state index contributed by atoms with van der Waals surface area (Å²) < 4.78 is 16.7. The molecular formula is C73H112O6. The average Bonchev–Trinajstić information content (AvgIpc) is 3.45. The number of hydrogen-bond donors (Lipinski definition) is 0. The zero-order chi connectivity index (χ0) is 57.1. The largest absolute Gasteiger partial charge is 0.462 e. The van der Waals surface area contributed by atoms with Gasteiger partial charge in [-0.2, -0.15) is 0 Å². The molecule has 0 spiro atoms. The van der Waals surface area contributed by atoms with Crippen LogP contribution in [-0.2, 0) is 28.6 Å². The van der Waals surface area contributed by atoms with E-state index in [1.165, 1.54) is 32.1 Å². The Morgan fingerprint density at radius 2 is 0.506 bits per heavy atom. The molecule has 1 unspecified atom stereocenters. The van der Waals surface area contributed by atoms with E-state index in [1.54, 1.807) is 0 Å². The van der Waals surface area contributed by atoms with Gasteiger partial charge in [0.05, 0.1) is 0 Å². The lowest BCUT2D eigenvalue weighted by Crippen LogP contribution is -2.30. The normalized spacial score (nSPS) is 13.4. The molecule has 0 heterocycles. The van der Waals surface area contributed by atoms with Crippen LogP contribution in [0.3, 0.4) is 0 Å². The first-order valence-corrected chi connectivity index (χ1v) is 31.3. The van der Waals surface area contributed by atoms with E-state index in [-0.39, 0.29) is 37.5 Å². The number of unbranched alkanes of at least 4 members (excludes halogenated alkanes) is 13. The number of carbonyl (C=O) groups excluding carboxylic acids is 3. The fraction of sp³-hybridized carbons (Fsp3) is 0.548. The van der Waals surface area contributed by atoms with Crippen LogP contribution < -0.4 is 0 Å². The van der Waals surface area contributed by atoms with Gasteiger partial charge in [0.25, 0.3) is 0 Å². The summed E-state index contributed by atoms with van der Waals surface area (Å²) in [4.78, 5) is 37.9. The molecular weight excluding hydrogens is 973 g/mol. The van der Waals surface area contributed by atoms with Crippen molar-refractivity contribution < 1.29 is 28.6 Å². The lowest BCUT2D eigenvalue weighted by molar-refractivity contribution is -0.167. The number of carbonyl (C=O) groups is 3. The molecule has 0 bridgehead atoms. The van der Waals surface area contributed by atoms with Gasteiger partial charge in [-0.05, 0) is 135 Å². The molecule has 6 heteroatoms. The van der Waals surface area contributed by atoms with Crippen molar-refractivity contribution in [3.63, 3.8) is 0 Å². The molecule has 79 heavy (non-hydrogen) atoms. The zero-order valence-corrected chi connectivity index (χ0v) is 50.3. The Kier molecular flexibility index (Phi) is 60.5. The van der Waals surface area contributed by atoms with Crippen LogP contribution in [0.15, 0.2) is 182 Å². The minimum atomic E-state index is -0.813. The Morgan fingerprint density at radius 3 is 0.823 bits per heavy atom. The molecule has 1 atom stereocenters. The standard InChI is InChI=1S/C73H112O6/c1-4-7-10-13-15-17-19-21-23-25-27-29-31-33-35-36-38-39-41-43-45-47-49-51-53-55-57-60-63-66-72(75)78-69-70(68-77-71(74)65-62-59-12-9-6-3)79-73(76)67-64-61-58-56-54-52-50-48-46-44-42-40-37-34-32-30-28-26-24-22-20-18-16-14-11-8-5-2/h7-8,10-11,15-18,21-24,27-30,33-35,37-39,42-45,49,51,55,57,70H,4-6,9,12-14,19-20,25-26,31-32,36,40-41,46-48,50,52-54,56,58-69H2,1-3H3/b10-7-,11-8-,17-15-,18-16-,23-21-,24-22-,29-27-,30-28-,35-33-,37-34-,39-38-,44-42-,45-43-,51-49-,57-55-. The first-order valence-electron chi connectivity index (χ1n) is 31.3. The molecule has 0 N–H and O–H groups in total. The van der Waals surface area contributed by atoms with Crippen molar-refractivity contribution >= 4 is 17.9 Å². The van der Waals surface area contributed by atoms with E-state index in [9.17, 15) is 14.4 Å². The van der Waals surface area contributed by atoms with Gasteiger partial charge in [-0.25, -0.2) is 0 Å². The Morgan fingerprint density at radius 1 is 0.266 bits per heavy atom. The SMILES string of the molecule is CC/C=C\C/C=C\C/C=C\C/C=C\C/C=C\C/C=C\C/C=C\C/C=C\C/C=C\CCCC(=O)OCC(COC(=O)CCCCCCC)OC(=O)CCCCCCCCCC/C=C\C/C=C\C/C=C\C/C=C\C/C=C\C/C=C\CC. The van der Waals surface area contributed by atoms with E-state index in [1.807, 2.05) is 0 Å². The third kappa shape index (κ3) is 63.2. The van der Waals surface area contributed by atoms with Crippen molar-refractivity contribution in [3.05, 3.63) is 182 Å². The van der Waals surface area contributed by atoms with Crippen molar-refractivity contribution in [3.8, 4) is 0 Å². The van der Waals surface area contributed by atoms with Crippen LogP contribution in [-0.4, -0.2) is 37.2 Å². The summed E-state index contributed by atoms with van der Waals surface area (Å²) in [6, 6.07) is 0. The van der Waals surface area contributed by atoms with Crippen molar-refractivity contribution in [2.45, 2.75) is 245 Å². The number of ether oxygens (including phenoxy) is 3.